The van der Waals surface area contributed by atoms with Crippen molar-refractivity contribution in [1.29, 1.82) is 0 Å². The van der Waals surface area contributed by atoms with Crippen molar-refractivity contribution < 1.29 is 14.3 Å². The van der Waals surface area contributed by atoms with Crippen LogP contribution in [0.1, 0.15) is 13.3 Å². The molecule has 0 aromatic rings. The Morgan fingerprint density at radius 1 is 1.90 bits per heavy atom. The van der Waals surface area contributed by atoms with Crippen LogP contribution in [0.15, 0.2) is 12.7 Å². The fraction of sp³-hybridized carbons (Fsp3) is 0.571. The molecule has 1 rings (SSSR count). The van der Waals surface area contributed by atoms with E-state index in [9.17, 15) is 9.18 Å². The van der Waals surface area contributed by atoms with Gasteiger partial charge in [0.2, 0.25) is 0 Å². The monoisotopic (exact) mass is 144 g/mol. The fourth-order valence-electron chi connectivity index (χ4n) is 1.02. The summed E-state index contributed by atoms with van der Waals surface area (Å²) in [6.07, 6.45) is 1.12. The van der Waals surface area contributed by atoms with Crippen LogP contribution in [0.3, 0.4) is 0 Å². The molecule has 0 aromatic carbocycles. The van der Waals surface area contributed by atoms with E-state index < -0.39 is 17.1 Å². The van der Waals surface area contributed by atoms with Crippen LogP contribution in [0.4, 0.5) is 4.39 Å². The van der Waals surface area contributed by atoms with E-state index in [1.807, 2.05) is 0 Å². The number of hydrogen-bond acceptors (Lipinski definition) is 1. The molecule has 0 saturated heterocycles. The third-order valence-corrected chi connectivity index (χ3v) is 2.20. The van der Waals surface area contributed by atoms with Crippen LogP contribution in [0.25, 0.3) is 0 Å². The molecule has 0 heterocycles. The smallest absolute Gasteiger partial charge is 0.313 e. The van der Waals surface area contributed by atoms with E-state index in [0.29, 0.717) is 0 Å². The zero-order valence-corrected chi connectivity index (χ0v) is 5.72. The minimum atomic E-state index is -1.67. The summed E-state index contributed by atoms with van der Waals surface area (Å²) in [4.78, 5) is 10.4. The van der Waals surface area contributed by atoms with Crippen LogP contribution in [-0.2, 0) is 4.79 Å². The number of carbonyl (C=O) groups is 1. The normalized spacial score (nSPS) is 44.6. The predicted octanol–water partition coefficient (Wildman–Crippen LogP) is 1.38. The summed E-state index contributed by atoms with van der Waals surface area (Å²) in [5.74, 6) is -1.09. The molecular formula is C7H9FO2. The third kappa shape index (κ3) is 0.602. The molecule has 56 valence electrons. The Kier molecular flexibility index (Phi) is 1.15. The zero-order chi connectivity index (χ0) is 7.99. The van der Waals surface area contributed by atoms with E-state index in [1.165, 1.54) is 6.92 Å². The molecule has 2 atom stereocenters. The first kappa shape index (κ1) is 7.25. The molecule has 0 radical (unpaired) electrons. The lowest BCUT2D eigenvalue weighted by molar-refractivity contribution is -0.143. The number of carboxylic acids is 1. The Hall–Kier alpha value is -0.860. The van der Waals surface area contributed by atoms with Crippen molar-refractivity contribution in [2.75, 3.05) is 0 Å². The van der Waals surface area contributed by atoms with Crippen molar-refractivity contribution >= 4 is 5.97 Å². The Bertz CT molecular complexity index is 202. The number of halogens is 1. The number of rotatable bonds is 2. The zero-order valence-electron chi connectivity index (χ0n) is 5.72. The van der Waals surface area contributed by atoms with Crippen LogP contribution in [-0.4, -0.2) is 16.7 Å². The summed E-state index contributed by atoms with van der Waals surface area (Å²) >= 11 is 0. The molecule has 1 saturated carbocycles. The summed E-state index contributed by atoms with van der Waals surface area (Å²) in [5.41, 5.74) is -2.88. The topological polar surface area (TPSA) is 37.3 Å². The van der Waals surface area contributed by atoms with Crippen LogP contribution >= 0.6 is 0 Å². The largest absolute Gasteiger partial charge is 0.481 e. The Labute approximate surface area is 58.4 Å². The maximum atomic E-state index is 13.0. The summed E-state index contributed by atoms with van der Waals surface area (Å²) in [6, 6.07) is 0. The van der Waals surface area contributed by atoms with E-state index in [2.05, 4.69) is 6.58 Å². The summed E-state index contributed by atoms with van der Waals surface area (Å²) in [7, 11) is 0. The first-order valence-corrected chi connectivity index (χ1v) is 3.02. The van der Waals surface area contributed by atoms with Crippen molar-refractivity contribution in [3.8, 4) is 0 Å². The molecule has 0 aliphatic heterocycles. The summed E-state index contributed by atoms with van der Waals surface area (Å²) in [6.45, 7) is 4.62. The van der Waals surface area contributed by atoms with Crippen molar-refractivity contribution in [1.82, 2.24) is 0 Å². The highest BCUT2D eigenvalue weighted by Gasteiger charge is 2.69. The van der Waals surface area contributed by atoms with E-state index in [0.717, 1.165) is 6.08 Å². The second-order valence-electron chi connectivity index (χ2n) is 2.88. The number of hydrogen-bond donors (Lipinski definition) is 1. The lowest BCUT2D eigenvalue weighted by Gasteiger charge is -2.04. The molecule has 1 aliphatic carbocycles. The van der Waals surface area contributed by atoms with Gasteiger partial charge in [-0.15, -0.1) is 0 Å². The van der Waals surface area contributed by atoms with Gasteiger partial charge in [0.15, 0.2) is 0 Å². The average Bonchev–Trinajstić information content (AvgIpc) is 2.39. The van der Waals surface area contributed by atoms with Crippen molar-refractivity contribution in [3.63, 3.8) is 0 Å². The first-order valence-electron chi connectivity index (χ1n) is 3.02. The van der Waals surface area contributed by atoms with Crippen LogP contribution < -0.4 is 0 Å². The maximum Gasteiger partial charge on any atom is 0.313 e. The standard InChI is InChI=1S/C7H9FO2/c1-3-7(8)4-6(7,2)5(9)10/h3H,1,4H2,2H3,(H,9,10). The second-order valence-corrected chi connectivity index (χ2v) is 2.88. The Morgan fingerprint density at radius 2 is 2.40 bits per heavy atom. The van der Waals surface area contributed by atoms with Crippen LogP contribution in [0, 0.1) is 5.41 Å². The Balaban J connectivity index is 2.82. The van der Waals surface area contributed by atoms with Gasteiger partial charge in [0.25, 0.3) is 0 Å². The van der Waals surface area contributed by atoms with Gasteiger partial charge in [0, 0.05) is 6.42 Å². The van der Waals surface area contributed by atoms with Crippen molar-refractivity contribution in [2.45, 2.75) is 19.0 Å². The molecule has 3 heteroatoms. The third-order valence-electron chi connectivity index (χ3n) is 2.20. The summed E-state index contributed by atoms with van der Waals surface area (Å²) < 4.78 is 13.0. The van der Waals surface area contributed by atoms with Gasteiger partial charge in [-0.2, -0.15) is 0 Å². The van der Waals surface area contributed by atoms with Crippen LogP contribution in [0.2, 0.25) is 0 Å². The molecule has 1 fully saturated rings. The van der Waals surface area contributed by atoms with Gasteiger partial charge in [0.1, 0.15) is 11.1 Å². The molecule has 0 bridgehead atoms. The predicted molar refractivity (Wildman–Crippen MR) is 34.4 cm³/mol. The van der Waals surface area contributed by atoms with E-state index in [4.69, 9.17) is 5.11 Å². The first-order chi connectivity index (χ1) is 4.46. The SMILES string of the molecule is C=CC1(F)CC1(C)C(=O)O. The Morgan fingerprint density at radius 3 is 2.50 bits per heavy atom. The molecule has 2 nitrogen and oxygen atoms in total. The molecule has 0 amide bonds. The minimum absolute atomic E-state index is 0.0544. The molecule has 1 aliphatic rings. The van der Waals surface area contributed by atoms with E-state index in [1.54, 1.807) is 0 Å². The van der Waals surface area contributed by atoms with Gasteiger partial charge in [-0.3, -0.25) is 4.79 Å². The lowest BCUT2D eigenvalue weighted by atomic mass is 10.1. The fourth-order valence-corrected chi connectivity index (χ4v) is 1.02. The van der Waals surface area contributed by atoms with Crippen LogP contribution in [0.5, 0.6) is 0 Å². The number of carboxylic acid groups (broad SMARTS) is 1. The molecule has 0 aromatic heterocycles. The molecular weight excluding hydrogens is 135 g/mol. The van der Waals surface area contributed by atoms with Gasteiger partial charge in [-0.05, 0) is 6.92 Å². The van der Waals surface area contributed by atoms with Gasteiger partial charge in [-0.1, -0.05) is 12.7 Å². The minimum Gasteiger partial charge on any atom is -0.481 e. The summed E-state index contributed by atoms with van der Waals surface area (Å²) in [5, 5.41) is 8.49. The van der Waals surface area contributed by atoms with Gasteiger partial charge in [-0.25, -0.2) is 4.39 Å². The number of allylic oxidation sites excluding steroid dienone is 1. The number of alkyl halides is 1. The number of aliphatic carboxylic acids is 1. The van der Waals surface area contributed by atoms with Gasteiger partial charge < -0.3 is 5.11 Å². The van der Waals surface area contributed by atoms with Gasteiger partial charge in [0.05, 0.1) is 0 Å². The van der Waals surface area contributed by atoms with Crippen molar-refractivity contribution in [3.05, 3.63) is 12.7 Å². The van der Waals surface area contributed by atoms with E-state index >= 15 is 0 Å². The lowest BCUT2D eigenvalue weighted by Crippen LogP contribution is -2.19. The molecule has 2 unspecified atom stereocenters. The van der Waals surface area contributed by atoms with Crippen molar-refractivity contribution in [2.24, 2.45) is 5.41 Å². The second kappa shape index (κ2) is 1.59. The highest BCUT2D eigenvalue weighted by Crippen LogP contribution is 2.59. The molecule has 1 N–H and O–H groups in total. The average molecular weight is 144 g/mol. The highest BCUT2D eigenvalue weighted by atomic mass is 19.1. The maximum absolute atomic E-state index is 13.0. The van der Waals surface area contributed by atoms with E-state index in [-0.39, 0.29) is 6.42 Å². The molecule has 10 heavy (non-hydrogen) atoms. The quantitative estimate of drug-likeness (QED) is 0.594. The highest BCUT2D eigenvalue weighted by molar-refractivity contribution is 5.81. The molecule has 0 spiro atoms. The van der Waals surface area contributed by atoms with Gasteiger partial charge >= 0.3 is 5.97 Å².